The molecule has 0 atom stereocenters. The van der Waals surface area contributed by atoms with Gasteiger partial charge in [-0.1, -0.05) is 237 Å². The van der Waals surface area contributed by atoms with Crippen LogP contribution in [-0.4, -0.2) is 14.5 Å². The SMILES string of the molecule is c1ccc(-c2cccc(-c3cccc(-c4ccc(-c5cc(-c6ccccc6-c6cccc(-c7ccccc7)c6)nc(-c6ccc(-c7cccc(-n8c9ccccc9c9ccccc98)c7)cc6)n5)cc4)c3)c2)cc1. The third kappa shape index (κ3) is 8.49. The minimum Gasteiger partial charge on any atom is -0.309 e. The van der Waals surface area contributed by atoms with Crippen molar-refractivity contribution in [3.8, 4) is 106 Å². The number of hydrogen-bond acceptors (Lipinski definition) is 2. The van der Waals surface area contributed by atoms with Gasteiger partial charge in [-0.15, -0.1) is 0 Å². The van der Waals surface area contributed by atoms with E-state index in [0.29, 0.717) is 5.82 Å². The van der Waals surface area contributed by atoms with Crippen molar-refractivity contribution in [3.63, 3.8) is 0 Å². The molecule has 0 radical (unpaired) electrons. The fourth-order valence-electron chi connectivity index (χ4n) is 10.4. The first-order valence-corrected chi connectivity index (χ1v) is 24.9. The standard InChI is InChI=1S/C70H47N3/c1-3-17-48(18-4-1)54-21-13-24-57(43-54)58-25-14-22-55(44-58)50-35-39-52(40-36-50)66-47-67(63-30-8-7-29-62(63)60-27-15-23-56(45-60)49-19-5-2-6-20-49)72-70(71-66)53-41-37-51(38-42-53)59-26-16-28-61(46-59)73-68-33-11-9-31-64(68)65-32-10-12-34-69(65)73/h1-47H. The largest absolute Gasteiger partial charge is 0.309 e. The first kappa shape index (κ1) is 43.3. The maximum absolute atomic E-state index is 5.39. The smallest absolute Gasteiger partial charge is 0.160 e. The summed E-state index contributed by atoms with van der Waals surface area (Å²) in [5.74, 6) is 0.667. The lowest BCUT2D eigenvalue weighted by atomic mass is 9.93. The molecule has 2 aromatic heterocycles. The number of aromatic nitrogens is 3. The van der Waals surface area contributed by atoms with Gasteiger partial charge in [0.2, 0.25) is 0 Å². The number of hydrogen-bond donors (Lipinski definition) is 0. The van der Waals surface area contributed by atoms with Gasteiger partial charge >= 0.3 is 0 Å². The zero-order chi connectivity index (χ0) is 48.5. The highest BCUT2D eigenvalue weighted by Gasteiger charge is 2.17. The van der Waals surface area contributed by atoms with Gasteiger partial charge in [0.25, 0.3) is 0 Å². The Morgan fingerprint density at radius 3 is 1.15 bits per heavy atom. The fourth-order valence-corrected chi connectivity index (χ4v) is 10.4. The molecule has 13 aromatic rings. The molecule has 0 unspecified atom stereocenters. The lowest BCUT2D eigenvalue weighted by molar-refractivity contribution is 1.18. The molecule has 11 aromatic carbocycles. The van der Waals surface area contributed by atoms with Crippen LogP contribution in [0.5, 0.6) is 0 Å². The number of para-hydroxylation sites is 2. The zero-order valence-corrected chi connectivity index (χ0v) is 40.0. The summed E-state index contributed by atoms with van der Waals surface area (Å²) < 4.78 is 2.37. The van der Waals surface area contributed by atoms with Crippen LogP contribution < -0.4 is 0 Å². The highest BCUT2D eigenvalue weighted by Crippen LogP contribution is 2.38. The van der Waals surface area contributed by atoms with Gasteiger partial charge in [-0.2, -0.15) is 0 Å². The van der Waals surface area contributed by atoms with E-state index in [0.717, 1.165) is 67.1 Å². The van der Waals surface area contributed by atoms with Crippen LogP contribution >= 0.6 is 0 Å². The number of fused-ring (bicyclic) bond motifs is 3. The topological polar surface area (TPSA) is 30.7 Å². The molecule has 0 aliphatic rings. The quantitative estimate of drug-likeness (QED) is 0.137. The Balaban J connectivity index is 0.874. The summed E-state index contributed by atoms with van der Waals surface area (Å²) >= 11 is 0. The van der Waals surface area contributed by atoms with Gasteiger partial charge in [0.05, 0.1) is 22.4 Å². The van der Waals surface area contributed by atoms with Crippen LogP contribution in [0.2, 0.25) is 0 Å². The van der Waals surface area contributed by atoms with Gasteiger partial charge in [0, 0.05) is 33.2 Å². The fraction of sp³-hybridized carbons (Fsp3) is 0. The molecule has 3 nitrogen and oxygen atoms in total. The van der Waals surface area contributed by atoms with Crippen LogP contribution in [-0.2, 0) is 0 Å². The first-order valence-electron chi connectivity index (χ1n) is 24.9. The monoisotopic (exact) mass is 929 g/mol. The number of benzene rings is 11. The van der Waals surface area contributed by atoms with Crippen molar-refractivity contribution in [3.05, 3.63) is 285 Å². The summed E-state index contributed by atoms with van der Waals surface area (Å²) in [5.41, 5.74) is 22.2. The van der Waals surface area contributed by atoms with Gasteiger partial charge in [0.15, 0.2) is 5.82 Å². The van der Waals surface area contributed by atoms with Crippen molar-refractivity contribution in [2.75, 3.05) is 0 Å². The summed E-state index contributed by atoms with van der Waals surface area (Å²) in [6, 6.07) is 102. The molecule has 0 spiro atoms. The third-order valence-corrected chi connectivity index (χ3v) is 14.1. The predicted molar refractivity (Wildman–Crippen MR) is 305 cm³/mol. The van der Waals surface area contributed by atoms with Crippen molar-refractivity contribution in [1.29, 1.82) is 0 Å². The second-order valence-corrected chi connectivity index (χ2v) is 18.6. The lowest BCUT2D eigenvalue weighted by Gasteiger charge is -2.14. The van der Waals surface area contributed by atoms with E-state index in [-0.39, 0.29) is 0 Å². The molecule has 0 aliphatic carbocycles. The minimum absolute atomic E-state index is 0.667. The van der Waals surface area contributed by atoms with Crippen LogP contribution in [0.15, 0.2) is 285 Å². The molecule has 0 N–H and O–H groups in total. The van der Waals surface area contributed by atoms with E-state index in [1.165, 1.54) is 55.2 Å². The molecule has 0 bridgehead atoms. The average Bonchev–Trinajstić information content (AvgIpc) is 3.82. The Bertz CT molecular complexity index is 4060. The van der Waals surface area contributed by atoms with Crippen LogP contribution in [0.25, 0.3) is 128 Å². The second kappa shape index (κ2) is 18.9. The van der Waals surface area contributed by atoms with Crippen molar-refractivity contribution >= 4 is 21.8 Å². The molecule has 73 heavy (non-hydrogen) atoms. The molecule has 0 saturated heterocycles. The Hall–Kier alpha value is -9.70. The van der Waals surface area contributed by atoms with E-state index in [1.807, 2.05) is 0 Å². The van der Waals surface area contributed by atoms with Gasteiger partial charge in [-0.25, -0.2) is 9.97 Å². The van der Waals surface area contributed by atoms with Gasteiger partial charge in [-0.3, -0.25) is 0 Å². The molecule has 342 valence electrons. The number of rotatable bonds is 10. The molecule has 0 fully saturated rings. The highest BCUT2D eigenvalue weighted by atomic mass is 15.0. The highest BCUT2D eigenvalue weighted by molar-refractivity contribution is 6.09. The van der Waals surface area contributed by atoms with E-state index in [2.05, 4.69) is 290 Å². The second-order valence-electron chi connectivity index (χ2n) is 18.6. The molecular weight excluding hydrogens is 883 g/mol. The van der Waals surface area contributed by atoms with Crippen molar-refractivity contribution in [2.45, 2.75) is 0 Å². The van der Waals surface area contributed by atoms with E-state index >= 15 is 0 Å². The molecular formula is C70H47N3. The predicted octanol–water partition coefficient (Wildman–Crippen LogP) is 18.6. The van der Waals surface area contributed by atoms with Crippen LogP contribution in [0.1, 0.15) is 0 Å². The molecule has 0 amide bonds. The average molecular weight is 930 g/mol. The number of nitrogens with zero attached hydrogens (tertiary/aromatic N) is 3. The summed E-state index contributed by atoms with van der Waals surface area (Å²) in [7, 11) is 0. The summed E-state index contributed by atoms with van der Waals surface area (Å²) in [6.45, 7) is 0. The van der Waals surface area contributed by atoms with Gasteiger partial charge in [0.1, 0.15) is 0 Å². The Kier molecular flexibility index (Phi) is 11.2. The van der Waals surface area contributed by atoms with E-state index in [4.69, 9.17) is 9.97 Å². The van der Waals surface area contributed by atoms with Crippen molar-refractivity contribution in [2.24, 2.45) is 0 Å². The van der Waals surface area contributed by atoms with Gasteiger partial charge < -0.3 is 4.57 Å². The van der Waals surface area contributed by atoms with E-state index in [1.54, 1.807) is 0 Å². The molecule has 0 saturated carbocycles. The molecule has 0 aliphatic heterocycles. The summed E-state index contributed by atoms with van der Waals surface area (Å²) in [4.78, 5) is 10.7. The Morgan fingerprint density at radius 2 is 0.589 bits per heavy atom. The van der Waals surface area contributed by atoms with Crippen LogP contribution in [0.3, 0.4) is 0 Å². The van der Waals surface area contributed by atoms with E-state index < -0.39 is 0 Å². The Morgan fingerprint density at radius 1 is 0.219 bits per heavy atom. The molecule has 2 heterocycles. The maximum Gasteiger partial charge on any atom is 0.160 e. The molecule has 13 rings (SSSR count). The maximum atomic E-state index is 5.39. The van der Waals surface area contributed by atoms with Crippen molar-refractivity contribution < 1.29 is 0 Å². The summed E-state index contributed by atoms with van der Waals surface area (Å²) in [5, 5.41) is 2.50. The third-order valence-electron chi connectivity index (χ3n) is 14.1. The normalized spacial score (nSPS) is 11.3. The van der Waals surface area contributed by atoms with Crippen molar-refractivity contribution in [1.82, 2.24) is 14.5 Å². The van der Waals surface area contributed by atoms with Crippen LogP contribution in [0.4, 0.5) is 0 Å². The summed E-state index contributed by atoms with van der Waals surface area (Å²) in [6.07, 6.45) is 0. The van der Waals surface area contributed by atoms with Gasteiger partial charge in [-0.05, 0) is 115 Å². The lowest BCUT2D eigenvalue weighted by Crippen LogP contribution is -1.97. The van der Waals surface area contributed by atoms with E-state index in [9.17, 15) is 0 Å². The van der Waals surface area contributed by atoms with Crippen LogP contribution in [0, 0.1) is 0 Å². The Labute approximate surface area is 425 Å². The first-order chi connectivity index (χ1) is 36.2. The minimum atomic E-state index is 0.667. The zero-order valence-electron chi connectivity index (χ0n) is 40.0. The molecule has 3 heteroatoms.